The quantitative estimate of drug-likeness (QED) is 0.912. The minimum atomic E-state index is 0.553. The van der Waals surface area contributed by atoms with Crippen LogP contribution >= 0.6 is 0 Å². The van der Waals surface area contributed by atoms with Crippen molar-refractivity contribution in [1.82, 2.24) is 0 Å². The molecule has 19 heavy (non-hydrogen) atoms. The first-order chi connectivity index (χ1) is 9.10. The van der Waals surface area contributed by atoms with Gasteiger partial charge in [-0.1, -0.05) is 18.2 Å². The Labute approximate surface area is 114 Å². The molecule has 2 aromatic carbocycles. The molecule has 0 saturated carbocycles. The number of rotatable bonds is 4. The van der Waals surface area contributed by atoms with Crippen molar-refractivity contribution >= 4 is 5.69 Å². The van der Waals surface area contributed by atoms with Crippen LogP contribution in [0.3, 0.4) is 0 Å². The van der Waals surface area contributed by atoms with E-state index in [0.29, 0.717) is 6.54 Å². The summed E-state index contributed by atoms with van der Waals surface area (Å²) in [5.41, 5.74) is 8.96. The SMILES string of the molecule is Cc1cc(CN)ccc1Oc1cccc(N(C)C)c1. The summed E-state index contributed by atoms with van der Waals surface area (Å²) < 4.78 is 5.93. The molecule has 0 atom stereocenters. The second-order valence-corrected chi connectivity index (χ2v) is 4.80. The highest BCUT2D eigenvalue weighted by atomic mass is 16.5. The summed E-state index contributed by atoms with van der Waals surface area (Å²) in [6, 6.07) is 14.1. The van der Waals surface area contributed by atoms with Gasteiger partial charge >= 0.3 is 0 Å². The van der Waals surface area contributed by atoms with E-state index in [2.05, 4.69) is 17.0 Å². The van der Waals surface area contributed by atoms with Crippen LogP contribution in [0.25, 0.3) is 0 Å². The molecule has 3 nitrogen and oxygen atoms in total. The van der Waals surface area contributed by atoms with E-state index >= 15 is 0 Å². The van der Waals surface area contributed by atoms with Crippen molar-refractivity contribution in [3.63, 3.8) is 0 Å². The molecule has 0 aliphatic heterocycles. The zero-order chi connectivity index (χ0) is 13.8. The zero-order valence-corrected chi connectivity index (χ0v) is 11.7. The molecule has 2 N–H and O–H groups in total. The van der Waals surface area contributed by atoms with Crippen molar-refractivity contribution < 1.29 is 4.74 Å². The standard InChI is InChI=1S/C16H20N2O/c1-12-9-13(11-17)7-8-16(12)19-15-6-4-5-14(10-15)18(2)3/h4-10H,11,17H2,1-3H3. The van der Waals surface area contributed by atoms with E-state index in [1.54, 1.807) is 0 Å². The number of nitrogens with two attached hydrogens (primary N) is 1. The normalized spacial score (nSPS) is 10.3. The van der Waals surface area contributed by atoms with E-state index in [4.69, 9.17) is 10.5 Å². The van der Waals surface area contributed by atoms with E-state index in [0.717, 1.165) is 28.3 Å². The third-order valence-electron chi connectivity index (χ3n) is 3.04. The Balaban J connectivity index is 2.23. The minimum Gasteiger partial charge on any atom is -0.457 e. The molecule has 0 unspecified atom stereocenters. The average molecular weight is 256 g/mol. The van der Waals surface area contributed by atoms with Crippen molar-refractivity contribution in [3.8, 4) is 11.5 Å². The lowest BCUT2D eigenvalue weighted by Gasteiger charge is -2.15. The summed E-state index contributed by atoms with van der Waals surface area (Å²) >= 11 is 0. The number of nitrogens with zero attached hydrogens (tertiary/aromatic N) is 1. The van der Waals surface area contributed by atoms with Gasteiger partial charge in [0.2, 0.25) is 0 Å². The van der Waals surface area contributed by atoms with Gasteiger partial charge in [-0.05, 0) is 36.2 Å². The Morgan fingerprint density at radius 1 is 1.11 bits per heavy atom. The van der Waals surface area contributed by atoms with Crippen molar-refractivity contribution in [3.05, 3.63) is 53.6 Å². The van der Waals surface area contributed by atoms with Gasteiger partial charge in [-0.2, -0.15) is 0 Å². The molecule has 0 heterocycles. The van der Waals surface area contributed by atoms with Crippen LogP contribution in [0.1, 0.15) is 11.1 Å². The molecule has 100 valence electrons. The Morgan fingerprint density at radius 3 is 2.53 bits per heavy atom. The number of ether oxygens (including phenoxy) is 1. The Kier molecular flexibility index (Phi) is 4.07. The van der Waals surface area contributed by atoms with Crippen molar-refractivity contribution in [2.75, 3.05) is 19.0 Å². The van der Waals surface area contributed by atoms with Crippen LogP contribution in [0.2, 0.25) is 0 Å². The Morgan fingerprint density at radius 2 is 1.89 bits per heavy atom. The maximum Gasteiger partial charge on any atom is 0.130 e. The summed E-state index contributed by atoms with van der Waals surface area (Å²) in [7, 11) is 4.03. The number of anilines is 1. The fraction of sp³-hybridized carbons (Fsp3) is 0.250. The molecule has 0 fully saturated rings. The van der Waals surface area contributed by atoms with Crippen LogP contribution in [0.15, 0.2) is 42.5 Å². The minimum absolute atomic E-state index is 0.553. The molecule has 0 bridgehead atoms. The molecular formula is C16H20N2O. The van der Waals surface area contributed by atoms with Gasteiger partial charge in [-0.15, -0.1) is 0 Å². The predicted molar refractivity (Wildman–Crippen MR) is 79.9 cm³/mol. The first-order valence-corrected chi connectivity index (χ1v) is 6.35. The number of aryl methyl sites for hydroxylation is 1. The van der Waals surface area contributed by atoms with Crippen molar-refractivity contribution in [2.24, 2.45) is 5.73 Å². The summed E-state index contributed by atoms with van der Waals surface area (Å²) in [5.74, 6) is 1.71. The van der Waals surface area contributed by atoms with Gasteiger partial charge in [0.05, 0.1) is 0 Å². The van der Waals surface area contributed by atoms with Crippen molar-refractivity contribution in [1.29, 1.82) is 0 Å². The third kappa shape index (κ3) is 3.26. The van der Waals surface area contributed by atoms with Crippen LogP contribution in [0.5, 0.6) is 11.5 Å². The third-order valence-corrected chi connectivity index (χ3v) is 3.04. The lowest BCUT2D eigenvalue weighted by Crippen LogP contribution is -2.08. The maximum absolute atomic E-state index is 5.93. The molecule has 0 saturated heterocycles. The molecule has 0 aliphatic carbocycles. The fourth-order valence-electron chi connectivity index (χ4n) is 1.91. The van der Waals surface area contributed by atoms with E-state index < -0.39 is 0 Å². The molecule has 3 heteroatoms. The number of benzene rings is 2. The van der Waals surface area contributed by atoms with Crippen LogP contribution in [0.4, 0.5) is 5.69 Å². The molecule has 0 spiro atoms. The summed E-state index contributed by atoms with van der Waals surface area (Å²) in [6.45, 7) is 2.58. The largest absolute Gasteiger partial charge is 0.457 e. The topological polar surface area (TPSA) is 38.5 Å². The second-order valence-electron chi connectivity index (χ2n) is 4.80. The van der Waals surface area contributed by atoms with E-state index in [1.165, 1.54) is 0 Å². The molecule has 2 rings (SSSR count). The van der Waals surface area contributed by atoms with Gasteiger partial charge in [0.25, 0.3) is 0 Å². The van der Waals surface area contributed by atoms with E-state index in [1.807, 2.05) is 51.4 Å². The van der Waals surface area contributed by atoms with Crippen molar-refractivity contribution in [2.45, 2.75) is 13.5 Å². The fourth-order valence-corrected chi connectivity index (χ4v) is 1.91. The number of hydrogen-bond acceptors (Lipinski definition) is 3. The highest BCUT2D eigenvalue weighted by Crippen LogP contribution is 2.28. The monoisotopic (exact) mass is 256 g/mol. The lowest BCUT2D eigenvalue weighted by atomic mass is 10.1. The Hall–Kier alpha value is -2.00. The highest BCUT2D eigenvalue weighted by molar-refractivity contribution is 5.51. The van der Waals surface area contributed by atoms with Crippen LogP contribution < -0.4 is 15.4 Å². The average Bonchev–Trinajstić information content (AvgIpc) is 2.41. The van der Waals surface area contributed by atoms with Gasteiger partial charge in [-0.25, -0.2) is 0 Å². The summed E-state index contributed by atoms with van der Waals surface area (Å²) in [5, 5.41) is 0. The smallest absolute Gasteiger partial charge is 0.130 e. The molecule has 0 aliphatic rings. The molecule has 0 amide bonds. The first-order valence-electron chi connectivity index (χ1n) is 6.35. The van der Waals surface area contributed by atoms with Gasteiger partial charge in [0.15, 0.2) is 0 Å². The highest BCUT2D eigenvalue weighted by Gasteiger charge is 2.04. The van der Waals surface area contributed by atoms with Gasteiger partial charge in [-0.3, -0.25) is 0 Å². The number of hydrogen-bond donors (Lipinski definition) is 1. The molecule has 0 radical (unpaired) electrons. The van der Waals surface area contributed by atoms with Crippen LogP contribution in [0, 0.1) is 6.92 Å². The summed E-state index contributed by atoms with van der Waals surface area (Å²) in [4.78, 5) is 2.05. The van der Waals surface area contributed by atoms with E-state index in [-0.39, 0.29) is 0 Å². The maximum atomic E-state index is 5.93. The second kappa shape index (κ2) is 5.76. The van der Waals surface area contributed by atoms with Gasteiger partial charge in [0.1, 0.15) is 11.5 Å². The summed E-state index contributed by atoms with van der Waals surface area (Å²) in [6.07, 6.45) is 0. The molecule has 2 aromatic rings. The lowest BCUT2D eigenvalue weighted by molar-refractivity contribution is 0.478. The van der Waals surface area contributed by atoms with E-state index in [9.17, 15) is 0 Å². The predicted octanol–water partition coefficient (Wildman–Crippen LogP) is 3.31. The van der Waals surface area contributed by atoms with Gasteiger partial charge in [0, 0.05) is 32.4 Å². The molecule has 0 aromatic heterocycles. The first kappa shape index (κ1) is 13.4. The van der Waals surface area contributed by atoms with Gasteiger partial charge < -0.3 is 15.4 Å². The zero-order valence-electron chi connectivity index (χ0n) is 11.7. The Bertz CT molecular complexity index is 564. The van der Waals surface area contributed by atoms with Crippen LogP contribution in [-0.4, -0.2) is 14.1 Å². The molecular weight excluding hydrogens is 236 g/mol. The van der Waals surface area contributed by atoms with Crippen LogP contribution in [-0.2, 0) is 6.54 Å².